The molecule has 1 atom stereocenters. The maximum Gasteiger partial charge on any atom is 0.126 e. The van der Waals surface area contributed by atoms with Crippen molar-refractivity contribution in [3.8, 4) is 11.8 Å². The topological polar surface area (TPSA) is 45.0 Å². The van der Waals surface area contributed by atoms with Gasteiger partial charge >= 0.3 is 0 Å². The van der Waals surface area contributed by atoms with Crippen LogP contribution < -0.4 is 10.1 Å². The number of nitrogens with zero attached hydrogens (tertiary/aromatic N) is 1. The van der Waals surface area contributed by atoms with Crippen LogP contribution in [-0.2, 0) is 0 Å². The highest BCUT2D eigenvalue weighted by molar-refractivity contribution is 5.32. The van der Waals surface area contributed by atoms with E-state index in [1.54, 1.807) is 6.07 Å². The molecule has 3 nitrogen and oxygen atoms in total. The highest BCUT2D eigenvalue weighted by Crippen LogP contribution is 2.19. The molecule has 0 spiro atoms. The lowest BCUT2D eigenvalue weighted by Crippen LogP contribution is -2.40. The van der Waals surface area contributed by atoms with E-state index >= 15 is 0 Å². The number of ether oxygens (including phenoxy) is 1. The van der Waals surface area contributed by atoms with Crippen molar-refractivity contribution >= 4 is 0 Å². The summed E-state index contributed by atoms with van der Waals surface area (Å²) in [7, 11) is 0. The van der Waals surface area contributed by atoms with E-state index in [-0.39, 0.29) is 5.82 Å². The summed E-state index contributed by atoms with van der Waals surface area (Å²) in [6.45, 7) is 6.97. The molecule has 104 valence electrons. The van der Waals surface area contributed by atoms with E-state index in [1.165, 1.54) is 12.1 Å². The predicted molar refractivity (Wildman–Crippen MR) is 73.6 cm³/mol. The predicted octanol–water partition coefficient (Wildman–Crippen LogP) is 3.18. The molecule has 0 heterocycles. The molecule has 0 aliphatic rings. The van der Waals surface area contributed by atoms with Crippen LogP contribution in [0.1, 0.15) is 32.3 Å². The second-order valence-corrected chi connectivity index (χ2v) is 4.84. The molecule has 1 aromatic rings. The van der Waals surface area contributed by atoms with Crippen molar-refractivity contribution in [2.75, 3.05) is 13.2 Å². The molecule has 1 N–H and O–H groups in total. The Morgan fingerprint density at radius 1 is 1.47 bits per heavy atom. The third kappa shape index (κ3) is 4.88. The highest BCUT2D eigenvalue weighted by atomic mass is 19.1. The summed E-state index contributed by atoms with van der Waals surface area (Å²) in [6, 6.07) is 6.78. The molecule has 1 rings (SSSR count). The lowest BCUT2D eigenvalue weighted by molar-refractivity contribution is 0.283. The Morgan fingerprint density at radius 3 is 2.84 bits per heavy atom. The Balaban J connectivity index is 2.43. The van der Waals surface area contributed by atoms with Crippen molar-refractivity contribution in [2.24, 2.45) is 0 Å². The Bertz CT molecular complexity index is 456. The number of nitrogens with one attached hydrogen (secondary N) is 1. The fourth-order valence-electron chi connectivity index (χ4n) is 1.91. The minimum absolute atomic E-state index is 0.296. The molecular weight excluding hydrogens is 243 g/mol. The van der Waals surface area contributed by atoms with Crippen LogP contribution in [0.15, 0.2) is 18.2 Å². The minimum Gasteiger partial charge on any atom is -0.493 e. The zero-order valence-corrected chi connectivity index (χ0v) is 11.8. The first kappa shape index (κ1) is 15.5. The van der Waals surface area contributed by atoms with Crippen molar-refractivity contribution in [1.29, 1.82) is 5.26 Å². The first-order valence-corrected chi connectivity index (χ1v) is 6.56. The van der Waals surface area contributed by atoms with Gasteiger partial charge in [-0.3, -0.25) is 5.32 Å². The quantitative estimate of drug-likeness (QED) is 0.769. The minimum atomic E-state index is -0.519. The number of nitriles is 1. The Labute approximate surface area is 114 Å². The Morgan fingerprint density at radius 2 is 2.21 bits per heavy atom. The monoisotopic (exact) mass is 264 g/mol. The van der Waals surface area contributed by atoms with Crippen LogP contribution in [0, 0.1) is 24.1 Å². The van der Waals surface area contributed by atoms with Gasteiger partial charge in [0.05, 0.1) is 12.7 Å². The molecule has 1 unspecified atom stereocenters. The van der Waals surface area contributed by atoms with Crippen molar-refractivity contribution in [3.05, 3.63) is 29.6 Å². The van der Waals surface area contributed by atoms with E-state index in [4.69, 9.17) is 10.00 Å². The van der Waals surface area contributed by atoms with Gasteiger partial charge in [-0.2, -0.15) is 5.26 Å². The average molecular weight is 264 g/mol. The van der Waals surface area contributed by atoms with Gasteiger partial charge in [-0.05, 0) is 44.9 Å². The zero-order chi connectivity index (χ0) is 14.3. The number of halogens is 1. The smallest absolute Gasteiger partial charge is 0.126 e. The first-order chi connectivity index (χ1) is 9.00. The van der Waals surface area contributed by atoms with Crippen LogP contribution in [0.25, 0.3) is 0 Å². The number of hydrogen-bond acceptors (Lipinski definition) is 3. The first-order valence-electron chi connectivity index (χ1n) is 6.56. The maximum absolute atomic E-state index is 13.1. The molecule has 0 saturated carbocycles. The van der Waals surface area contributed by atoms with Gasteiger partial charge in [-0.1, -0.05) is 13.0 Å². The molecule has 0 aliphatic carbocycles. The van der Waals surface area contributed by atoms with E-state index in [2.05, 4.69) is 11.4 Å². The van der Waals surface area contributed by atoms with E-state index in [0.29, 0.717) is 18.8 Å². The molecule has 0 amide bonds. The second-order valence-electron chi connectivity index (χ2n) is 4.84. The highest BCUT2D eigenvalue weighted by Gasteiger charge is 2.21. The van der Waals surface area contributed by atoms with Crippen molar-refractivity contribution < 1.29 is 9.13 Å². The number of rotatable bonds is 7. The molecule has 0 aromatic heterocycles. The summed E-state index contributed by atoms with van der Waals surface area (Å²) in [4.78, 5) is 0. The number of aryl methyl sites for hydroxylation is 1. The van der Waals surface area contributed by atoms with Crippen molar-refractivity contribution in [3.63, 3.8) is 0 Å². The molecule has 4 heteroatoms. The van der Waals surface area contributed by atoms with Crippen LogP contribution in [0.3, 0.4) is 0 Å². The van der Waals surface area contributed by atoms with Gasteiger partial charge in [0.2, 0.25) is 0 Å². The summed E-state index contributed by atoms with van der Waals surface area (Å²) < 4.78 is 18.6. The van der Waals surface area contributed by atoms with Crippen LogP contribution in [0.4, 0.5) is 4.39 Å². The summed E-state index contributed by atoms with van der Waals surface area (Å²) >= 11 is 0. The normalized spacial score (nSPS) is 13.6. The third-order valence-corrected chi connectivity index (χ3v) is 3.04. The van der Waals surface area contributed by atoms with E-state index in [1.807, 2.05) is 20.8 Å². The summed E-state index contributed by atoms with van der Waals surface area (Å²) in [5.74, 6) is 0.275. The maximum atomic E-state index is 13.1. The Kier molecular flexibility index (Phi) is 5.78. The van der Waals surface area contributed by atoms with Crippen molar-refractivity contribution in [2.45, 2.75) is 39.2 Å². The second kappa shape index (κ2) is 7.10. The fourth-order valence-corrected chi connectivity index (χ4v) is 1.91. The summed E-state index contributed by atoms with van der Waals surface area (Å²) in [5.41, 5.74) is 0.394. The molecular formula is C15H21FN2O. The molecule has 0 radical (unpaired) electrons. The fraction of sp³-hybridized carbons (Fsp3) is 0.533. The molecule has 0 aliphatic heterocycles. The van der Waals surface area contributed by atoms with Gasteiger partial charge in [0.1, 0.15) is 17.1 Å². The SMILES string of the molecule is CCNC(C)(C#N)CCCOc1cc(F)ccc1C. The number of benzene rings is 1. The molecule has 0 fully saturated rings. The van der Waals surface area contributed by atoms with E-state index < -0.39 is 5.54 Å². The van der Waals surface area contributed by atoms with E-state index in [9.17, 15) is 4.39 Å². The van der Waals surface area contributed by atoms with Gasteiger partial charge in [0, 0.05) is 6.07 Å². The van der Waals surface area contributed by atoms with Crippen LogP contribution in [-0.4, -0.2) is 18.7 Å². The molecule has 0 saturated heterocycles. The summed E-state index contributed by atoms with van der Waals surface area (Å²) in [6.07, 6.45) is 1.44. The van der Waals surface area contributed by atoms with Crippen molar-refractivity contribution in [1.82, 2.24) is 5.32 Å². The zero-order valence-electron chi connectivity index (χ0n) is 11.8. The third-order valence-electron chi connectivity index (χ3n) is 3.04. The van der Waals surface area contributed by atoms with Gasteiger partial charge in [-0.25, -0.2) is 4.39 Å². The van der Waals surface area contributed by atoms with Crippen LogP contribution >= 0.6 is 0 Å². The molecule has 1 aromatic carbocycles. The Hall–Kier alpha value is -1.60. The lowest BCUT2D eigenvalue weighted by atomic mass is 9.98. The van der Waals surface area contributed by atoms with Gasteiger partial charge < -0.3 is 4.74 Å². The largest absolute Gasteiger partial charge is 0.493 e. The van der Waals surface area contributed by atoms with E-state index in [0.717, 1.165) is 18.5 Å². The molecule has 19 heavy (non-hydrogen) atoms. The lowest BCUT2D eigenvalue weighted by Gasteiger charge is -2.22. The number of hydrogen-bond donors (Lipinski definition) is 1. The van der Waals surface area contributed by atoms with Gasteiger partial charge in [0.25, 0.3) is 0 Å². The van der Waals surface area contributed by atoms with Crippen LogP contribution in [0.5, 0.6) is 5.75 Å². The molecule has 0 bridgehead atoms. The van der Waals surface area contributed by atoms with Gasteiger partial charge in [-0.15, -0.1) is 0 Å². The van der Waals surface area contributed by atoms with Crippen LogP contribution in [0.2, 0.25) is 0 Å². The van der Waals surface area contributed by atoms with Gasteiger partial charge in [0.15, 0.2) is 0 Å². The standard InChI is InChI=1S/C15H21FN2O/c1-4-18-15(3,11-17)8-5-9-19-14-10-13(16)7-6-12(14)2/h6-7,10,18H,4-5,8-9H2,1-3H3. The average Bonchev–Trinajstić information content (AvgIpc) is 2.39. The summed E-state index contributed by atoms with van der Waals surface area (Å²) in [5, 5.41) is 12.3.